The Kier molecular flexibility index (Phi) is 4.49. The average molecular weight is 358 g/mol. The molecule has 0 heterocycles. The zero-order valence-corrected chi connectivity index (χ0v) is 15.3. The van der Waals surface area contributed by atoms with Crippen LogP contribution >= 0.6 is 0 Å². The number of rotatable bonds is 5. The molecule has 0 unspecified atom stereocenters. The Morgan fingerprint density at radius 1 is 1.15 bits per heavy atom. The summed E-state index contributed by atoms with van der Waals surface area (Å²) in [5.74, 6) is 1.74. The average Bonchev–Trinajstić information content (AvgIpc) is 2.58. The minimum atomic E-state index is -0.307. The molecule has 1 aromatic rings. The summed E-state index contributed by atoms with van der Waals surface area (Å²) in [6, 6.07) is 6.24. The van der Waals surface area contributed by atoms with Crippen molar-refractivity contribution in [2.45, 2.75) is 45.1 Å². The second kappa shape index (κ2) is 6.67. The summed E-state index contributed by atoms with van der Waals surface area (Å²) in [5.41, 5.74) is 0.518. The molecular formula is C21H27FN2O2. The van der Waals surface area contributed by atoms with Crippen LogP contribution in [-0.4, -0.2) is 30.3 Å². The highest BCUT2D eigenvalue weighted by Crippen LogP contribution is 2.60. The fourth-order valence-corrected chi connectivity index (χ4v) is 5.86. The fraction of sp³-hybridized carbons (Fsp3) is 0.619. The maximum Gasteiger partial charge on any atom is 0.242 e. The van der Waals surface area contributed by atoms with E-state index in [0.29, 0.717) is 24.3 Å². The van der Waals surface area contributed by atoms with E-state index in [1.807, 2.05) is 0 Å². The normalized spacial score (nSPS) is 31.7. The van der Waals surface area contributed by atoms with Gasteiger partial charge in [-0.05, 0) is 74.0 Å². The van der Waals surface area contributed by atoms with Gasteiger partial charge in [0.1, 0.15) is 5.82 Å². The monoisotopic (exact) mass is 358 g/mol. The molecule has 4 bridgehead atoms. The van der Waals surface area contributed by atoms with E-state index in [9.17, 15) is 14.0 Å². The van der Waals surface area contributed by atoms with E-state index in [1.54, 1.807) is 19.2 Å². The topological polar surface area (TPSA) is 49.4 Å². The van der Waals surface area contributed by atoms with Gasteiger partial charge in [-0.2, -0.15) is 0 Å². The molecule has 26 heavy (non-hydrogen) atoms. The third-order valence-electron chi connectivity index (χ3n) is 6.65. The first-order chi connectivity index (χ1) is 12.4. The Hall–Kier alpha value is -1.91. The molecule has 0 atom stereocenters. The number of hydrogen-bond donors (Lipinski definition) is 1. The van der Waals surface area contributed by atoms with Gasteiger partial charge in [0.25, 0.3) is 0 Å². The van der Waals surface area contributed by atoms with Gasteiger partial charge in [0.05, 0.1) is 6.54 Å². The first kappa shape index (κ1) is 17.5. The number of likely N-dealkylation sites (N-methyl/N-ethyl adjacent to an activating group) is 1. The lowest BCUT2D eigenvalue weighted by atomic mass is 9.49. The molecule has 0 aromatic heterocycles. The molecule has 5 rings (SSSR count). The zero-order chi connectivity index (χ0) is 18.3. The SMILES string of the molecule is CN(Cc1cccc(F)c1)C(=O)CNC(=O)C12CC3CC(CC(C3)C1)C2. The number of carbonyl (C=O) groups excluding carboxylic acids is 2. The van der Waals surface area contributed by atoms with Crippen molar-refractivity contribution >= 4 is 11.8 Å². The van der Waals surface area contributed by atoms with Crippen LogP contribution in [0.1, 0.15) is 44.1 Å². The highest BCUT2D eigenvalue weighted by atomic mass is 19.1. The van der Waals surface area contributed by atoms with Crippen LogP contribution in [0, 0.1) is 29.0 Å². The summed E-state index contributed by atoms with van der Waals surface area (Å²) < 4.78 is 13.3. The molecule has 4 fully saturated rings. The summed E-state index contributed by atoms with van der Waals surface area (Å²) >= 11 is 0. The van der Waals surface area contributed by atoms with Gasteiger partial charge in [0, 0.05) is 19.0 Å². The molecule has 0 aliphatic heterocycles. The quantitative estimate of drug-likeness (QED) is 0.879. The summed E-state index contributed by atoms with van der Waals surface area (Å²) in [6.45, 7) is 0.357. The zero-order valence-electron chi connectivity index (χ0n) is 15.3. The summed E-state index contributed by atoms with van der Waals surface area (Å²) in [5, 5.41) is 2.91. The molecule has 4 aliphatic carbocycles. The number of hydrogen-bond acceptors (Lipinski definition) is 2. The van der Waals surface area contributed by atoms with Gasteiger partial charge in [-0.25, -0.2) is 4.39 Å². The molecule has 4 saturated carbocycles. The van der Waals surface area contributed by atoms with Crippen molar-refractivity contribution in [3.8, 4) is 0 Å². The highest BCUT2D eigenvalue weighted by molar-refractivity contribution is 5.88. The number of carbonyl (C=O) groups is 2. The second-order valence-corrected chi connectivity index (χ2v) is 8.76. The van der Waals surface area contributed by atoms with E-state index in [-0.39, 0.29) is 29.6 Å². The van der Waals surface area contributed by atoms with Crippen molar-refractivity contribution in [2.75, 3.05) is 13.6 Å². The van der Waals surface area contributed by atoms with E-state index in [2.05, 4.69) is 5.32 Å². The van der Waals surface area contributed by atoms with Crippen molar-refractivity contribution in [3.63, 3.8) is 0 Å². The summed E-state index contributed by atoms with van der Waals surface area (Å²) in [4.78, 5) is 26.8. The number of nitrogens with zero attached hydrogens (tertiary/aromatic N) is 1. The van der Waals surface area contributed by atoms with Gasteiger partial charge in [-0.15, -0.1) is 0 Å². The maximum atomic E-state index is 13.3. The van der Waals surface area contributed by atoms with Crippen LogP contribution in [0.25, 0.3) is 0 Å². The van der Waals surface area contributed by atoms with E-state index < -0.39 is 0 Å². The molecule has 0 spiro atoms. The molecule has 1 N–H and O–H groups in total. The lowest BCUT2D eigenvalue weighted by Gasteiger charge is -2.55. The minimum absolute atomic E-state index is 0.0202. The molecule has 4 aliphatic rings. The van der Waals surface area contributed by atoms with Crippen molar-refractivity contribution in [3.05, 3.63) is 35.6 Å². The first-order valence-electron chi connectivity index (χ1n) is 9.70. The van der Waals surface area contributed by atoms with Crippen LogP contribution < -0.4 is 5.32 Å². The molecule has 4 nitrogen and oxygen atoms in total. The van der Waals surface area contributed by atoms with Crippen LogP contribution in [0.15, 0.2) is 24.3 Å². The molecule has 1 aromatic carbocycles. The summed E-state index contributed by atoms with van der Waals surface area (Å²) in [6.07, 6.45) is 6.87. The molecule has 2 amide bonds. The lowest BCUT2D eigenvalue weighted by Crippen LogP contribution is -2.54. The predicted octanol–water partition coefficient (Wildman–Crippen LogP) is 3.12. The van der Waals surface area contributed by atoms with Crippen molar-refractivity contribution in [2.24, 2.45) is 23.2 Å². The van der Waals surface area contributed by atoms with Crippen molar-refractivity contribution < 1.29 is 14.0 Å². The first-order valence-corrected chi connectivity index (χ1v) is 9.70. The molecule has 0 radical (unpaired) electrons. The lowest BCUT2D eigenvalue weighted by molar-refractivity contribution is -0.147. The molecule has 140 valence electrons. The van der Waals surface area contributed by atoms with E-state index in [4.69, 9.17) is 0 Å². The third-order valence-corrected chi connectivity index (χ3v) is 6.65. The standard InChI is InChI=1S/C21H27FN2O2/c1-24(13-14-3-2-4-18(22)8-14)19(25)12-23-20(26)21-9-15-5-16(10-21)7-17(6-15)11-21/h2-4,8,15-17H,5-7,9-13H2,1H3,(H,23,26). The minimum Gasteiger partial charge on any atom is -0.347 e. The van der Waals surface area contributed by atoms with Crippen LogP contribution in [0.5, 0.6) is 0 Å². The largest absolute Gasteiger partial charge is 0.347 e. The highest BCUT2D eigenvalue weighted by Gasteiger charge is 2.54. The predicted molar refractivity (Wildman–Crippen MR) is 96.5 cm³/mol. The van der Waals surface area contributed by atoms with Crippen LogP contribution in [0.2, 0.25) is 0 Å². The fourth-order valence-electron chi connectivity index (χ4n) is 5.86. The Morgan fingerprint density at radius 3 is 2.35 bits per heavy atom. The Labute approximate surface area is 154 Å². The van der Waals surface area contributed by atoms with Gasteiger partial charge in [0.2, 0.25) is 11.8 Å². The number of nitrogens with one attached hydrogen (secondary N) is 1. The van der Waals surface area contributed by atoms with Gasteiger partial charge in [-0.3, -0.25) is 9.59 Å². The van der Waals surface area contributed by atoms with Gasteiger partial charge in [0.15, 0.2) is 0 Å². The van der Waals surface area contributed by atoms with Gasteiger partial charge < -0.3 is 10.2 Å². The summed E-state index contributed by atoms with van der Waals surface area (Å²) in [7, 11) is 1.68. The van der Waals surface area contributed by atoms with E-state index >= 15 is 0 Å². The van der Waals surface area contributed by atoms with Gasteiger partial charge >= 0.3 is 0 Å². The van der Waals surface area contributed by atoms with Crippen LogP contribution in [-0.2, 0) is 16.1 Å². The van der Waals surface area contributed by atoms with Crippen molar-refractivity contribution in [1.29, 1.82) is 0 Å². The Morgan fingerprint density at radius 2 is 1.77 bits per heavy atom. The number of halogens is 1. The van der Waals surface area contributed by atoms with Crippen molar-refractivity contribution in [1.82, 2.24) is 10.2 Å². The molecule has 5 heteroatoms. The molecule has 0 saturated heterocycles. The van der Waals surface area contributed by atoms with Gasteiger partial charge in [-0.1, -0.05) is 12.1 Å². The van der Waals surface area contributed by atoms with Crippen LogP contribution in [0.3, 0.4) is 0 Å². The second-order valence-electron chi connectivity index (χ2n) is 8.76. The number of benzene rings is 1. The smallest absolute Gasteiger partial charge is 0.242 e. The Bertz CT molecular complexity index is 682. The van der Waals surface area contributed by atoms with E-state index in [1.165, 1.54) is 36.3 Å². The molecular weight excluding hydrogens is 331 g/mol. The Balaban J connectivity index is 1.32. The number of amides is 2. The maximum absolute atomic E-state index is 13.3. The third kappa shape index (κ3) is 3.36. The van der Waals surface area contributed by atoms with E-state index in [0.717, 1.165) is 24.8 Å². The van der Waals surface area contributed by atoms with Crippen LogP contribution in [0.4, 0.5) is 4.39 Å².